The SMILES string of the molecule is COCCC1CCN(C(=O)c2cc(Cl)ccc2F)CC1. The second-order valence-corrected chi connectivity index (χ2v) is 5.58. The normalized spacial score (nSPS) is 16.4. The van der Waals surface area contributed by atoms with Crippen LogP contribution in [-0.4, -0.2) is 37.6 Å². The second kappa shape index (κ2) is 7.04. The molecular formula is C15H19ClFNO2. The minimum atomic E-state index is -0.513. The number of ether oxygens (including phenoxy) is 1. The molecule has 0 spiro atoms. The third kappa shape index (κ3) is 3.70. The zero-order chi connectivity index (χ0) is 14.5. The molecule has 0 saturated carbocycles. The van der Waals surface area contributed by atoms with Crippen LogP contribution in [0.3, 0.4) is 0 Å². The van der Waals surface area contributed by atoms with Gasteiger partial charge in [0, 0.05) is 31.8 Å². The molecule has 0 N–H and O–H groups in total. The number of carbonyl (C=O) groups excluding carboxylic acids is 1. The molecule has 1 amide bonds. The monoisotopic (exact) mass is 299 g/mol. The lowest BCUT2D eigenvalue weighted by molar-refractivity contribution is 0.0665. The molecule has 1 heterocycles. The maximum absolute atomic E-state index is 13.7. The van der Waals surface area contributed by atoms with Gasteiger partial charge in [0.25, 0.3) is 5.91 Å². The fraction of sp³-hybridized carbons (Fsp3) is 0.533. The van der Waals surface area contributed by atoms with Crippen molar-refractivity contribution < 1.29 is 13.9 Å². The zero-order valence-electron chi connectivity index (χ0n) is 11.6. The van der Waals surface area contributed by atoms with Crippen molar-refractivity contribution in [2.75, 3.05) is 26.8 Å². The Morgan fingerprint density at radius 3 is 2.80 bits per heavy atom. The lowest BCUT2D eigenvalue weighted by atomic mass is 9.93. The summed E-state index contributed by atoms with van der Waals surface area (Å²) in [6.45, 7) is 2.08. The third-order valence-electron chi connectivity index (χ3n) is 3.79. The number of hydrogen-bond acceptors (Lipinski definition) is 2. The zero-order valence-corrected chi connectivity index (χ0v) is 12.3. The lowest BCUT2D eigenvalue weighted by Crippen LogP contribution is -2.39. The fourth-order valence-electron chi connectivity index (χ4n) is 2.54. The molecule has 0 atom stereocenters. The number of methoxy groups -OCH3 is 1. The highest BCUT2D eigenvalue weighted by Gasteiger charge is 2.25. The van der Waals surface area contributed by atoms with Crippen LogP contribution < -0.4 is 0 Å². The molecule has 110 valence electrons. The first-order valence-corrected chi connectivity index (χ1v) is 7.23. The van der Waals surface area contributed by atoms with Crippen LogP contribution >= 0.6 is 11.6 Å². The predicted molar refractivity (Wildman–Crippen MR) is 76.5 cm³/mol. The van der Waals surface area contributed by atoms with Gasteiger partial charge in [0.1, 0.15) is 5.82 Å². The standard InChI is InChI=1S/C15H19ClFNO2/c1-20-9-6-11-4-7-18(8-5-11)15(19)13-10-12(16)2-3-14(13)17/h2-3,10-11H,4-9H2,1H3. The summed E-state index contributed by atoms with van der Waals surface area (Å²) in [5.74, 6) is -0.195. The minimum absolute atomic E-state index is 0.0628. The van der Waals surface area contributed by atoms with Crippen molar-refractivity contribution in [3.05, 3.63) is 34.6 Å². The van der Waals surface area contributed by atoms with Crippen molar-refractivity contribution in [3.8, 4) is 0 Å². The predicted octanol–water partition coefficient (Wildman–Crippen LogP) is 3.37. The summed E-state index contributed by atoms with van der Waals surface area (Å²) >= 11 is 5.83. The summed E-state index contributed by atoms with van der Waals surface area (Å²) in [6.07, 6.45) is 2.90. The molecular weight excluding hydrogens is 281 g/mol. The number of benzene rings is 1. The van der Waals surface area contributed by atoms with Gasteiger partial charge in [0.05, 0.1) is 5.56 Å². The fourth-order valence-corrected chi connectivity index (χ4v) is 2.71. The Morgan fingerprint density at radius 2 is 2.15 bits per heavy atom. The van der Waals surface area contributed by atoms with E-state index in [-0.39, 0.29) is 11.5 Å². The maximum atomic E-state index is 13.7. The van der Waals surface area contributed by atoms with Crippen LogP contribution in [0.5, 0.6) is 0 Å². The first-order valence-electron chi connectivity index (χ1n) is 6.85. The maximum Gasteiger partial charge on any atom is 0.256 e. The van der Waals surface area contributed by atoms with Gasteiger partial charge in [0.2, 0.25) is 0 Å². The van der Waals surface area contributed by atoms with Gasteiger partial charge in [-0.2, -0.15) is 0 Å². The van der Waals surface area contributed by atoms with Crippen LogP contribution in [0.15, 0.2) is 18.2 Å². The average molecular weight is 300 g/mol. The van der Waals surface area contributed by atoms with E-state index in [1.165, 1.54) is 18.2 Å². The van der Waals surface area contributed by atoms with Gasteiger partial charge < -0.3 is 9.64 Å². The summed E-state index contributed by atoms with van der Waals surface area (Å²) in [4.78, 5) is 14.0. The summed E-state index contributed by atoms with van der Waals surface area (Å²) in [5, 5.41) is 0.379. The molecule has 1 aliphatic rings. The van der Waals surface area contributed by atoms with E-state index < -0.39 is 5.82 Å². The Bertz CT molecular complexity index is 473. The Kier molecular flexibility index (Phi) is 5.38. The summed E-state index contributed by atoms with van der Waals surface area (Å²) < 4.78 is 18.8. The number of rotatable bonds is 4. The number of halogens is 2. The van der Waals surface area contributed by atoms with Crippen molar-refractivity contribution in [1.82, 2.24) is 4.90 Å². The van der Waals surface area contributed by atoms with E-state index in [9.17, 15) is 9.18 Å². The van der Waals surface area contributed by atoms with E-state index in [2.05, 4.69) is 0 Å². The second-order valence-electron chi connectivity index (χ2n) is 5.14. The number of hydrogen-bond donors (Lipinski definition) is 0. The first kappa shape index (κ1) is 15.3. The summed E-state index contributed by atoms with van der Waals surface area (Å²) in [7, 11) is 1.70. The number of piperidine rings is 1. The molecule has 0 aliphatic carbocycles. The quantitative estimate of drug-likeness (QED) is 0.853. The molecule has 5 heteroatoms. The molecule has 0 bridgehead atoms. The van der Waals surface area contributed by atoms with Crippen LogP contribution in [0.1, 0.15) is 29.6 Å². The Balaban J connectivity index is 1.96. The molecule has 3 nitrogen and oxygen atoms in total. The summed E-state index contributed by atoms with van der Waals surface area (Å²) in [5.41, 5.74) is 0.0628. The third-order valence-corrected chi connectivity index (χ3v) is 4.03. The Morgan fingerprint density at radius 1 is 1.45 bits per heavy atom. The van der Waals surface area contributed by atoms with E-state index in [1.54, 1.807) is 12.0 Å². The van der Waals surface area contributed by atoms with Gasteiger partial charge >= 0.3 is 0 Å². The van der Waals surface area contributed by atoms with Crippen LogP contribution in [0.4, 0.5) is 4.39 Å². The van der Waals surface area contributed by atoms with Gasteiger partial charge in [-0.15, -0.1) is 0 Å². The molecule has 1 aromatic carbocycles. The Hall–Kier alpha value is -1.13. The van der Waals surface area contributed by atoms with Gasteiger partial charge in [-0.25, -0.2) is 4.39 Å². The van der Waals surface area contributed by atoms with Gasteiger partial charge in [0.15, 0.2) is 0 Å². The smallest absolute Gasteiger partial charge is 0.256 e. The topological polar surface area (TPSA) is 29.5 Å². The van der Waals surface area contributed by atoms with E-state index in [0.29, 0.717) is 24.0 Å². The van der Waals surface area contributed by atoms with Crippen molar-refractivity contribution in [2.24, 2.45) is 5.92 Å². The average Bonchev–Trinajstić information content (AvgIpc) is 2.47. The highest BCUT2D eigenvalue weighted by Crippen LogP contribution is 2.23. The van der Waals surface area contributed by atoms with Crippen molar-refractivity contribution >= 4 is 17.5 Å². The molecule has 1 saturated heterocycles. The minimum Gasteiger partial charge on any atom is -0.385 e. The molecule has 1 aliphatic heterocycles. The molecule has 0 unspecified atom stereocenters. The molecule has 0 aromatic heterocycles. The molecule has 0 radical (unpaired) electrons. The lowest BCUT2D eigenvalue weighted by Gasteiger charge is -2.32. The van der Waals surface area contributed by atoms with Crippen LogP contribution in [0.2, 0.25) is 5.02 Å². The van der Waals surface area contributed by atoms with E-state index in [1.807, 2.05) is 0 Å². The van der Waals surface area contributed by atoms with Crippen molar-refractivity contribution in [1.29, 1.82) is 0 Å². The highest BCUT2D eigenvalue weighted by molar-refractivity contribution is 6.31. The highest BCUT2D eigenvalue weighted by atomic mass is 35.5. The van der Waals surface area contributed by atoms with E-state index in [0.717, 1.165) is 25.9 Å². The largest absolute Gasteiger partial charge is 0.385 e. The van der Waals surface area contributed by atoms with Crippen LogP contribution in [0.25, 0.3) is 0 Å². The van der Waals surface area contributed by atoms with Crippen LogP contribution in [0, 0.1) is 11.7 Å². The number of likely N-dealkylation sites (tertiary alicyclic amines) is 1. The Labute approximate surface area is 123 Å². The molecule has 2 rings (SSSR count). The van der Waals surface area contributed by atoms with Gasteiger partial charge in [-0.05, 0) is 43.4 Å². The van der Waals surface area contributed by atoms with E-state index in [4.69, 9.17) is 16.3 Å². The van der Waals surface area contributed by atoms with E-state index >= 15 is 0 Å². The van der Waals surface area contributed by atoms with Crippen molar-refractivity contribution in [3.63, 3.8) is 0 Å². The number of carbonyl (C=O) groups is 1. The molecule has 1 aromatic rings. The van der Waals surface area contributed by atoms with Gasteiger partial charge in [-0.3, -0.25) is 4.79 Å². The van der Waals surface area contributed by atoms with Crippen LogP contribution in [-0.2, 0) is 4.74 Å². The molecule has 20 heavy (non-hydrogen) atoms. The van der Waals surface area contributed by atoms with Crippen molar-refractivity contribution in [2.45, 2.75) is 19.3 Å². The molecule has 1 fully saturated rings. The van der Waals surface area contributed by atoms with Gasteiger partial charge in [-0.1, -0.05) is 11.6 Å². The number of nitrogens with zero attached hydrogens (tertiary/aromatic N) is 1. The number of amides is 1. The summed E-state index contributed by atoms with van der Waals surface area (Å²) in [6, 6.07) is 4.09. The first-order chi connectivity index (χ1) is 9.61.